The third-order valence-electron chi connectivity index (χ3n) is 3.11. The minimum Gasteiger partial charge on any atom is -0.391 e. The Hall–Kier alpha value is -0.460. The van der Waals surface area contributed by atoms with E-state index in [1.807, 2.05) is 12.3 Å². The number of hydrogen-bond donors (Lipinski definition) is 1. The summed E-state index contributed by atoms with van der Waals surface area (Å²) < 4.78 is 23.7. The van der Waals surface area contributed by atoms with Crippen LogP contribution in [0.4, 0.5) is 0 Å². The molecule has 1 aromatic heterocycles. The van der Waals surface area contributed by atoms with E-state index >= 15 is 0 Å². The average Bonchev–Trinajstić information content (AvgIpc) is 2.63. The fraction of sp³-hybridized carbons (Fsp3) is 0.727. The Labute approximate surface area is 106 Å². The third kappa shape index (κ3) is 3.05. The maximum atomic E-state index is 11.8. The minimum atomic E-state index is -3.11. The van der Waals surface area contributed by atoms with Crippen LogP contribution in [0.5, 0.6) is 0 Å². The van der Waals surface area contributed by atoms with E-state index < -0.39 is 21.2 Å². The first-order valence-corrected chi connectivity index (χ1v) is 8.39. The molecule has 0 amide bonds. The number of thiazole rings is 1. The van der Waals surface area contributed by atoms with Gasteiger partial charge in [-0.15, -0.1) is 11.3 Å². The van der Waals surface area contributed by atoms with Gasteiger partial charge in [-0.05, 0) is 19.8 Å². The number of aryl methyl sites for hydroxylation is 1. The highest BCUT2D eigenvalue weighted by Crippen LogP contribution is 2.24. The van der Waals surface area contributed by atoms with Gasteiger partial charge in [-0.1, -0.05) is 6.42 Å². The van der Waals surface area contributed by atoms with E-state index in [4.69, 9.17) is 0 Å². The van der Waals surface area contributed by atoms with Crippen molar-refractivity contribution in [1.82, 2.24) is 4.98 Å². The van der Waals surface area contributed by atoms with Crippen LogP contribution in [-0.2, 0) is 16.3 Å². The maximum absolute atomic E-state index is 11.8. The molecule has 1 fully saturated rings. The molecular weight excluding hydrogens is 258 g/mol. The Bertz CT molecular complexity index is 481. The number of hydrogen-bond acceptors (Lipinski definition) is 5. The van der Waals surface area contributed by atoms with Crippen molar-refractivity contribution in [3.05, 3.63) is 16.1 Å². The van der Waals surface area contributed by atoms with Crippen LogP contribution < -0.4 is 0 Å². The van der Waals surface area contributed by atoms with Crippen LogP contribution in [0.3, 0.4) is 0 Å². The molecule has 1 N–H and O–H groups in total. The van der Waals surface area contributed by atoms with Gasteiger partial charge in [0.05, 0.1) is 22.1 Å². The van der Waals surface area contributed by atoms with Crippen LogP contribution >= 0.6 is 11.3 Å². The SMILES string of the molecule is Cc1csc(CC(O)C2CCCCS2(=O)=O)n1. The smallest absolute Gasteiger partial charge is 0.155 e. The molecule has 2 unspecified atom stereocenters. The Balaban J connectivity index is 2.06. The third-order valence-corrected chi connectivity index (χ3v) is 6.43. The highest BCUT2D eigenvalue weighted by atomic mass is 32.2. The molecule has 0 bridgehead atoms. The topological polar surface area (TPSA) is 67.3 Å². The molecule has 96 valence electrons. The zero-order valence-corrected chi connectivity index (χ0v) is 11.4. The normalized spacial score (nSPS) is 25.6. The van der Waals surface area contributed by atoms with Crippen LogP contribution in [0.15, 0.2) is 5.38 Å². The second-order valence-corrected chi connectivity index (χ2v) is 7.84. The molecule has 1 aliphatic rings. The standard InChI is InChI=1S/C11H17NO3S2/c1-8-7-16-11(12-8)6-9(13)10-4-2-3-5-17(10,14)15/h7,9-10,13H,2-6H2,1H3. The van der Waals surface area contributed by atoms with E-state index in [0.29, 0.717) is 12.8 Å². The number of aliphatic hydroxyl groups is 1. The fourth-order valence-electron chi connectivity index (χ4n) is 2.22. The van der Waals surface area contributed by atoms with E-state index in [-0.39, 0.29) is 5.75 Å². The summed E-state index contributed by atoms with van der Waals surface area (Å²) in [5.74, 6) is 0.214. The molecule has 0 saturated carbocycles. The zero-order chi connectivity index (χ0) is 12.5. The fourth-order valence-corrected chi connectivity index (χ4v) is 5.05. The molecule has 2 rings (SSSR count). The molecule has 1 saturated heterocycles. The van der Waals surface area contributed by atoms with Gasteiger partial charge in [0.25, 0.3) is 0 Å². The largest absolute Gasteiger partial charge is 0.391 e. The van der Waals surface area contributed by atoms with Gasteiger partial charge in [0.2, 0.25) is 0 Å². The van der Waals surface area contributed by atoms with Gasteiger partial charge < -0.3 is 5.11 Å². The van der Waals surface area contributed by atoms with Gasteiger partial charge in [-0.25, -0.2) is 13.4 Å². The Kier molecular flexibility index (Phi) is 3.85. The first kappa shape index (κ1) is 13.0. The van der Waals surface area contributed by atoms with Crippen molar-refractivity contribution in [2.24, 2.45) is 0 Å². The van der Waals surface area contributed by atoms with Crippen LogP contribution in [0.25, 0.3) is 0 Å². The van der Waals surface area contributed by atoms with Gasteiger partial charge in [0.1, 0.15) is 0 Å². The molecule has 0 aromatic carbocycles. The van der Waals surface area contributed by atoms with Crippen LogP contribution in [0, 0.1) is 6.92 Å². The lowest BCUT2D eigenvalue weighted by molar-refractivity contribution is 0.162. The summed E-state index contributed by atoms with van der Waals surface area (Å²) >= 11 is 1.48. The average molecular weight is 275 g/mol. The Morgan fingerprint density at radius 2 is 2.35 bits per heavy atom. The predicted octanol–water partition coefficient (Wildman–Crippen LogP) is 1.32. The number of aromatic nitrogens is 1. The van der Waals surface area contributed by atoms with Crippen molar-refractivity contribution in [3.63, 3.8) is 0 Å². The summed E-state index contributed by atoms with van der Waals surface area (Å²) in [7, 11) is -3.11. The summed E-state index contributed by atoms with van der Waals surface area (Å²) in [5.41, 5.74) is 0.920. The van der Waals surface area contributed by atoms with Gasteiger partial charge in [-0.2, -0.15) is 0 Å². The second kappa shape index (κ2) is 5.04. The number of sulfone groups is 1. The van der Waals surface area contributed by atoms with Crippen LogP contribution in [-0.4, -0.2) is 35.6 Å². The van der Waals surface area contributed by atoms with Crippen molar-refractivity contribution < 1.29 is 13.5 Å². The molecular formula is C11H17NO3S2. The molecule has 17 heavy (non-hydrogen) atoms. The van der Waals surface area contributed by atoms with E-state index in [1.165, 1.54) is 11.3 Å². The number of aliphatic hydroxyl groups excluding tert-OH is 1. The lowest BCUT2D eigenvalue weighted by Gasteiger charge is -2.26. The van der Waals surface area contributed by atoms with E-state index in [9.17, 15) is 13.5 Å². The van der Waals surface area contributed by atoms with Gasteiger partial charge in [0, 0.05) is 17.5 Å². The predicted molar refractivity (Wildman–Crippen MR) is 68.0 cm³/mol. The Morgan fingerprint density at radius 1 is 1.59 bits per heavy atom. The first-order valence-electron chi connectivity index (χ1n) is 5.80. The maximum Gasteiger partial charge on any atom is 0.155 e. The molecule has 2 atom stereocenters. The molecule has 1 aliphatic heterocycles. The van der Waals surface area contributed by atoms with E-state index in [2.05, 4.69) is 4.98 Å². The molecule has 0 spiro atoms. The lowest BCUT2D eigenvalue weighted by atomic mass is 10.1. The second-order valence-electron chi connectivity index (χ2n) is 4.56. The molecule has 2 heterocycles. The van der Waals surface area contributed by atoms with Gasteiger partial charge in [-0.3, -0.25) is 0 Å². The summed E-state index contributed by atoms with van der Waals surface area (Å²) in [6.45, 7) is 1.89. The summed E-state index contributed by atoms with van der Waals surface area (Å²) in [4.78, 5) is 4.26. The molecule has 0 aliphatic carbocycles. The van der Waals surface area contributed by atoms with E-state index in [0.717, 1.165) is 23.5 Å². The van der Waals surface area contributed by atoms with Crippen molar-refractivity contribution in [2.75, 3.05) is 5.75 Å². The quantitative estimate of drug-likeness (QED) is 0.903. The number of rotatable bonds is 3. The summed E-state index contributed by atoms with van der Waals surface area (Å²) in [5, 5.41) is 12.2. The minimum absolute atomic E-state index is 0.214. The van der Waals surface area contributed by atoms with Crippen molar-refractivity contribution >= 4 is 21.2 Å². The van der Waals surface area contributed by atoms with E-state index in [1.54, 1.807) is 0 Å². The summed E-state index contributed by atoms with van der Waals surface area (Å²) in [6.07, 6.45) is 1.72. The summed E-state index contributed by atoms with van der Waals surface area (Å²) in [6, 6.07) is 0. The van der Waals surface area contributed by atoms with Crippen molar-refractivity contribution in [1.29, 1.82) is 0 Å². The molecule has 4 nitrogen and oxygen atoms in total. The zero-order valence-electron chi connectivity index (χ0n) is 9.80. The Morgan fingerprint density at radius 3 is 2.94 bits per heavy atom. The van der Waals surface area contributed by atoms with Crippen LogP contribution in [0.1, 0.15) is 30.0 Å². The molecule has 0 radical (unpaired) electrons. The highest BCUT2D eigenvalue weighted by molar-refractivity contribution is 7.92. The van der Waals surface area contributed by atoms with Gasteiger partial charge >= 0.3 is 0 Å². The first-order chi connectivity index (χ1) is 7.99. The van der Waals surface area contributed by atoms with Crippen molar-refractivity contribution in [2.45, 2.75) is 44.0 Å². The number of nitrogens with zero attached hydrogens (tertiary/aromatic N) is 1. The van der Waals surface area contributed by atoms with Crippen molar-refractivity contribution in [3.8, 4) is 0 Å². The van der Waals surface area contributed by atoms with Crippen LogP contribution in [0.2, 0.25) is 0 Å². The molecule has 1 aromatic rings. The lowest BCUT2D eigenvalue weighted by Crippen LogP contribution is -2.39. The monoisotopic (exact) mass is 275 g/mol. The highest BCUT2D eigenvalue weighted by Gasteiger charge is 2.34. The van der Waals surface area contributed by atoms with Gasteiger partial charge in [0.15, 0.2) is 9.84 Å². The molecule has 6 heteroatoms.